The minimum Gasteiger partial charge on any atom is -0.481 e. The van der Waals surface area contributed by atoms with Crippen molar-refractivity contribution in [2.45, 2.75) is 52.4 Å². The Bertz CT molecular complexity index is 353. The lowest BCUT2D eigenvalue weighted by Crippen LogP contribution is -2.26. The van der Waals surface area contributed by atoms with Gasteiger partial charge in [0.05, 0.1) is 11.8 Å². The van der Waals surface area contributed by atoms with E-state index in [4.69, 9.17) is 14.9 Å². The molecule has 0 radical (unpaired) electrons. The highest BCUT2D eigenvalue weighted by molar-refractivity contribution is 5.88. The number of carbonyl (C=O) groups is 4. The molecule has 0 heterocycles. The fraction of sp³-hybridized carbons (Fsp3) is 0.714. The molecule has 0 amide bonds. The van der Waals surface area contributed by atoms with E-state index < -0.39 is 35.7 Å². The van der Waals surface area contributed by atoms with Crippen LogP contribution in [0.1, 0.15) is 52.4 Å². The van der Waals surface area contributed by atoms with Crippen LogP contribution in [0.15, 0.2) is 0 Å². The third-order valence-electron chi connectivity index (χ3n) is 3.27. The Labute approximate surface area is 123 Å². The fourth-order valence-corrected chi connectivity index (χ4v) is 1.84. The summed E-state index contributed by atoms with van der Waals surface area (Å²) in [4.78, 5) is 44.6. The third-order valence-corrected chi connectivity index (χ3v) is 3.27. The summed E-state index contributed by atoms with van der Waals surface area (Å²) in [5.74, 6) is -4.78. The van der Waals surface area contributed by atoms with Crippen molar-refractivity contribution in [3.8, 4) is 0 Å². The molecule has 0 rings (SSSR count). The van der Waals surface area contributed by atoms with E-state index in [0.29, 0.717) is 12.8 Å². The van der Waals surface area contributed by atoms with Crippen LogP contribution in [0.3, 0.4) is 0 Å². The predicted octanol–water partition coefficient (Wildman–Crippen LogP) is 1.84. The van der Waals surface area contributed by atoms with Crippen LogP contribution in [0.4, 0.5) is 0 Å². The largest absolute Gasteiger partial charge is 0.481 e. The Balaban J connectivity index is 4.46. The highest BCUT2D eigenvalue weighted by Crippen LogP contribution is 2.17. The van der Waals surface area contributed by atoms with Crippen LogP contribution in [-0.4, -0.2) is 34.1 Å². The number of aliphatic carboxylic acids is 2. The lowest BCUT2D eigenvalue weighted by Gasteiger charge is -2.15. The average Bonchev–Trinajstić information content (AvgIpc) is 2.39. The fourth-order valence-electron chi connectivity index (χ4n) is 1.84. The number of carboxylic acids is 2. The van der Waals surface area contributed by atoms with E-state index in [1.807, 2.05) is 0 Å². The number of rotatable bonds is 10. The SMILES string of the molecule is CCC(CCC(=O)O)C(=O)OC(=O)C(CC)CCC(=O)O. The van der Waals surface area contributed by atoms with E-state index in [0.717, 1.165) is 0 Å². The van der Waals surface area contributed by atoms with Crippen molar-refractivity contribution in [1.82, 2.24) is 0 Å². The van der Waals surface area contributed by atoms with Crippen LogP contribution in [0.25, 0.3) is 0 Å². The van der Waals surface area contributed by atoms with Crippen molar-refractivity contribution in [3.05, 3.63) is 0 Å². The maximum Gasteiger partial charge on any atom is 0.316 e. The molecule has 7 nitrogen and oxygen atoms in total. The van der Waals surface area contributed by atoms with Crippen molar-refractivity contribution in [3.63, 3.8) is 0 Å². The van der Waals surface area contributed by atoms with Gasteiger partial charge in [-0.25, -0.2) is 0 Å². The molecule has 2 atom stereocenters. The van der Waals surface area contributed by atoms with Gasteiger partial charge in [0.15, 0.2) is 0 Å². The maximum atomic E-state index is 11.8. The Kier molecular flexibility index (Phi) is 9.00. The van der Waals surface area contributed by atoms with Crippen LogP contribution in [-0.2, 0) is 23.9 Å². The standard InChI is InChI=1S/C14H22O7/c1-3-9(5-7-11(15)16)13(19)21-14(20)10(4-2)6-8-12(17)18/h9-10H,3-8H2,1-2H3,(H,15,16)(H,17,18). The zero-order valence-electron chi connectivity index (χ0n) is 12.3. The van der Waals surface area contributed by atoms with Crippen LogP contribution < -0.4 is 0 Å². The van der Waals surface area contributed by atoms with Crippen molar-refractivity contribution in [2.24, 2.45) is 11.8 Å². The molecule has 0 aromatic rings. The van der Waals surface area contributed by atoms with Gasteiger partial charge in [0.25, 0.3) is 0 Å². The molecule has 7 heteroatoms. The van der Waals surface area contributed by atoms with Gasteiger partial charge in [-0.05, 0) is 25.7 Å². The summed E-state index contributed by atoms with van der Waals surface area (Å²) in [6.07, 6.45) is 0.653. The Morgan fingerprint density at radius 2 is 1.14 bits per heavy atom. The Morgan fingerprint density at radius 3 is 1.38 bits per heavy atom. The third kappa shape index (κ3) is 8.06. The number of esters is 2. The molecular formula is C14H22O7. The normalized spacial score (nSPS) is 13.2. The number of carbonyl (C=O) groups excluding carboxylic acids is 2. The molecule has 0 saturated carbocycles. The lowest BCUT2D eigenvalue weighted by molar-refractivity contribution is -0.166. The minimum atomic E-state index is -1.01. The van der Waals surface area contributed by atoms with Gasteiger partial charge in [-0.15, -0.1) is 0 Å². The highest BCUT2D eigenvalue weighted by Gasteiger charge is 2.26. The van der Waals surface area contributed by atoms with E-state index in [-0.39, 0.29) is 25.7 Å². The molecule has 2 N–H and O–H groups in total. The summed E-state index contributed by atoms with van der Waals surface area (Å²) < 4.78 is 4.76. The van der Waals surface area contributed by atoms with E-state index in [9.17, 15) is 19.2 Å². The van der Waals surface area contributed by atoms with Gasteiger partial charge in [0.2, 0.25) is 0 Å². The van der Waals surface area contributed by atoms with E-state index in [1.165, 1.54) is 0 Å². The molecule has 0 aliphatic heterocycles. The van der Waals surface area contributed by atoms with Crippen LogP contribution in [0, 0.1) is 11.8 Å². The van der Waals surface area contributed by atoms with Crippen LogP contribution >= 0.6 is 0 Å². The Morgan fingerprint density at radius 1 is 0.810 bits per heavy atom. The summed E-state index contributed by atoms with van der Waals surface area (Å²) in [6.45, 7) is 3.42. The van der Waals surface area contributed by atoms with Gasteiger partial charge >= 0.3 is 23.9 Å². The number of hydrogen-bond donors (Lipinski definition) is 2. The first-order valence-electron chi connectivity index (χ1n) is 7.00. The van der Waals surface area contributed by atoms with Crippen molar-refractivity contribution < 1.29 is 34.1 Å². The maximum absolute atomic E-state index is 11.8. The quantitative estimate of drug-likeness (QED) is 0.467. The van der Waals surface area contributed by atoms with Crippen LogP contribution in [0.5, 0.6) is 0 Å². The minimum absolute atomic E-state index is 0.115. The summed E-state index contributed by atoms with van der Waals surface area (Å²) in [7, 11) is 0. The summed E-state index contributed by atoms with van der Waals surface area (Å²) >= 11 is 0. The summed E-state index contributed by atoms with van der Waals surface area (Å²) in [6, 6.07) is 0. The van der Waals surface area contributed by atoms with Crippen molar-refractivity contribution >= 4 is 23.9 Å². The topological polar surface area (TPSA) is 118 Å². The molecule has 2 unspecified atom stereocenters. The predicted molar refractivity (Wildman–Crippen MR) is 72.4 cm³/mol. The van der Waals surface area contributed by atoms with E-state index in [2.05, 4.69) is 0 Å². The summed E-state index contributed by atoms with van der Waals surface area (Å²) in [5, 5.41) is 17.2. The Hall–Kier alpha value is -1.92. The van der Waals surface area contributed by atoms with Crippen molar-refractivity contribution in [1.29, 1.82) is 0 Å². The molecule has 0 aliphatic rings. The van der Waals surface area contributed by atoms with Gasteiger partial charge in [-0.2, -0.15) is 0 Å². The molecule has 0 spiro atoms. The molecule has 0 bridgehead atoms. The first-order chi connectivity index (χ1) is 9.81. The van der Waals surface area contributed by atoms with Crippen LogP contribution in [0.2, 0.25) is 0 Å². The zero-order chi connectivity index (χ0) is 16.4. The van der Waals surface area contributed by atoms with E-state index in [1.54, 1.807) is 13.8 Å². The van der Waals surface area contributed by atoms with Gasteiger partial charge < -0.3 is 14.9 Å². The molecule has 0 fully saturated rings. The van der Waals surface area contributed by atoms with Gasteiger partial charge in [0, 0.05) is 12.8 Å². The average molecular weight is 302 g/mol. The second kappa shape index (κ2) is 9.90. The number of carboxylic acid groups (broad SMARTS) is 2. The molecule has 0 aromatic carbocycles. The first-order valence-corrected chi connectivity index (χ1v) is 7.00. The molecule has 0 aromatic heterocycles. The number of hydrogen-bond acceptors (Lipinski definition) is 5. The van der Waals surface area contributed by atoms with Crippen molar-refractivity contribution in [2.75, 3.05) is 0 Å². The second-order valence-electron chi connectivity index (χ2n) is 4.82. The zero-order valence-corrected chi connectivity index (χ0v) is 12.3. The monoisotopic (exact) mass is 302 g/mol. The van der Waals surface area contributed by atoms with E-state index >= 15 is 0 Å². The summed E-state index contributed by atoms with van der Waals surface area (Å²) in [5.41, 5.74) is 0. The number of ether oxygens (including phenoxy) is 1. The lowest BCUT2D eigenvalue weighted by atomic mass is 9.99. The molecular weight excluding hydrogens is 280 g/mol. The van der Waals surface area contributed by atoms with Gasteiger partial charge in [-0.1, -0.05) is 13.8 Å². The molecule has 120 valence electrons. The second-order valence-corrected chi connectivity index (χ2v) is 4.82. The molecule has 0 saturated heterocycles. The molecule has 0 aliphatic carbocycles. The van der Waals surface area contributed by atoms with Gasteiger partial charge in [-0.3, -0.25) is 19.2 Å². The van der Waals surface area contributed by atoms with Gasteiger partial charge in [0.1, 0.15) is 0 Å². The highest BCUT2D eigenvalue weighted by atomic mass is 16.6. The first kappa shape index (κ1) is 19.1. The smallest absolute Gasteiger partial charge is 0.316 e. The molecule has 21 heavy (non-hydrogen) atoms.